The van der Waals surface area contributed by atoms with Crippen LogP contribution in [-0.4, -0.2) is 55.5 Å². The number of para-hydroxylation sites is 1. The Labute approximate surface area is 209 Å². The zero-order chi connectivity index (χ0) is 25.3. The van der Waals surface area contributed by atoms with Crippen molar-refractivity contribution in [2.45, 2.75) is 6.54 Å². The minimum Gasteiger partial charge on any atom is -0.368 e. The molecule has 1 saturated heterocycles. The van der Waals surface area contributed by atoms with Crippen LogP contribution in [0, 0.1) is 5.82 Å². The first-order valence-corrected chi connectivity index (χ1v) is 11.7. The van der Waals surface area contributed by atoms with E-state index in [1.165, 1.54) is 6.07 Å². The van der Waals surface area contributed by atoms with Gasteiger partial charge >= 0.3 is 6.03 Å². The molecule has 36 heavy (non-hydrogen) atoms. The van der Waals surface area contributed by atoms with E-state index in [0.29, 0.717) is 29.9 Å². The first kappa shape index (κ1) is 24.7. The maximum absolute atomic E-state index is 13.7. The lowest BCUT2D eigenvalue weighted by molar-refractivity contribution is -0.130. The van der Waals surface area contributed by atoms with Gasteiger partial charge in [-0.05, 0) is 42.5 Å². The molecule has 0 atom stereocenters. The van der Waals surface area contributed by atoms with E-state index in [0.717, 1.165) is 18.8 Å². The molecule has 3 aromatic carbocycles. The second-order valence-corrected chi connectivity index (χ2v) is 8.36. The molecular formula is C27H28FN5O3. The van der Waals surface area contributed by atoms with E-state index in [9.17, 15) is 18.8 Å². The van der Waals surface area contributed by atoms with Crippen molar-refractivity contribution in [2.24, 2.45) is 0 Å². The average molecular weight is 490 g/mol. The predicted molar refractivity (Wildman–Crippen MR) is 136 cm³/mol. The number of nitrogens with zero attached hydrogens (tertiary/aromatic N) is 2. The Kier molecular flexibility index (Phi) is 8.12. The highest BCUT2D eigenvalue weighted by atomic mass is 19.1. The maximum Gasteiger partial charge on any atom is 0.319 e. The van der Waals surface area contributed by atoms with Gasteiger partial charge in [0.05, 0.1) is 6.54 Å². The van der Waals surface area contributed by atoms with Gasteiger partial charge in [-0.15, -0.1) is 0 Å². The molecule has 186 valence electrons. The van der Waals surface area contributed by atoms with Crippen molar-refractivity contribution in [1.82, 2.24) is 15.5 Å². The van der Waals surface area contributed by atoms with Crippen LogP contribution < -0.4 is 20.9 Å². The molecule has 3 aromatic rings. The Morgan fingerprint density at radius 3 is 2.14 bits per heavy atom. The van der Waals surface area contributed by atoms with Crippen molar-refractivity contribution in [2.75, 3.05) is 42.9 Å². The summed E-state index contributed by atoms with van der Waals surface area (Å²) in [6, 6.07) is 22.1. The normalized spacial score (nSPS) is 13.1. The predicted octanol–water partition coefficient (Wildman–Crippen LogP) is 3.23. The molecule has 1 fully saturated rings. The third-order valence-electron chi connectivity index (χ3n) is 5.96. The molecule has 0 aromatic heterocycles. The van der Waals surface area contributed by atoms with Crippen molar-refractivity contribution in [3.63, 3.8) is 0 Å². The Balaban J connectivity index is 1.18. The fraction of sp³-hybridized carbons (Fsp3) is 0.222. The van der Waals surface area contributed by atoms with Gasteiger partial charge in [-0.2, -0.15) is 0 Å². The second kappa shape index (κ2) is 11.8. The SMILES string of the molecule is O=C(NCC(=O)N1CCN(c2ccccc2)CC1)Nc1ccc(C(=O)NCc2ccccc2F)cc1. The smallest absolute Gasteiger partial charge is 0.319 e. The summed E-state index contributed by atoms with van der Waals surface area (Å²) in [7, 11) is 0. The van der Waals surface area contributed by atoms with E-state index in [2.05, 4.69) is 20.9 Å². The number of piperazine rings is 1. The quantitative estimate of drug-likeness (QED) is 0.475. The minimum atomic E-state index is -0.511. The zero-order valence-corrected chi connectivity index (χ0v) is 19.7. The summed E-state index contributed by atoms with van der Waals surface area (Å²) in [5, 5.41) is 7.90. The van der Waals surface area contributed by atoms with Crippen molar-refractivity contribution in [3.8, 4) is 0 Å². The van der Waals surface area contributed by atoms with Crippen LogP contribution in [0.5, 0.6) is 0 Å². The highest BCUT2D eigenvalue weighted by Crippen LogP contribution is 2.15. The molecule has 1 aliphatic heterocycles. The van der Waals surface area contributed by atoms with Gasteiger partial charge in [0.2, 0.25) is 5.91 Å². The number of nitrogens with one attached hydrogen (secondary N) is 3. The highest BCUT2D eigenvalue weighted by Gasteiger charge is 2.21. The number of hydrogen-bond acceptors (Lipinski definition) is 4. The molecule has 9 heteroatoms. The largest absolute Gasteiger partial charge is 0.368 e. The number of carbonyl (C=O) groups is 3. The van der Waals surface area contributed by atoms with Gasteiger partial charge in [-0.25, -0.2) is 9.18 Å². The molecular weight excluding hydrogens is 461 g/mol. The van der Waals surface area contributed by atoms with Crippen molar-refractivity contribution in [1.29, 1.82) is 0 Å². The Hall–Kier alpha value is -4.40. The summed E-state index contributed by atoms with van der Waals surface area (Å²) in [6.45, 7) is 2.64. The number of amides is 4. The Bertz CT molecular complexity index is 1200. The number of anilines is 2. The fourth-order valence-electron chi connectivity index (χ4n) is 3.92. The van der Waals surface area contributed by atoms with Gasteiger partial charge in [-0.3, -0.25) is 9.59 Å². The van der Waals surface area contributed by atoms with Gasteiger partial charge in [0.1, 0.15) is 5.82 Å². The van der Waals surface area contributed by atoms with E-state index in [-0.39, 0.29) is 30.7 Å². The van der Waals surface area contributed by atoms with Gasteiger partial charge in [-0.1, -0.05) is 36.4 Å². The Morgan fingerprint density at radius 2 is 1.44 bits per heavy atom. The van der Waals surface area contributed by atoms with Gasteiger partial charge in [0.25, 0.3) is 5.91 Å². The first-order chi connectivity index (χ1) is 17.5. The molecule has 0 saturated carbocycles. The van der Waals surface area contributed by atoms with Gasteiger partial charge in [0.15, 0.2) is 0 Å². The van der Waals surface area contributed by atoms with E-state index < -0.39 is 6.03 Å². The van der Waals surface area contributed by atoms with E-state index in [4.69, 9.17) is 0 Å². The van der Waals surface area contributed by atoms with Crippen molar-refractivity contribution in [3.05, 3.63) is 95.8 Å². The first-order valence-electron chi connectivity index (χ1n) is 11.7. The van der Waals surface area contributed by atoms with Crippen molar-refractivity contribution < 1.29 is 18.8 Å². The molecule has 1 aliphatic rings. The number of carbonyl (C=O) groups excluding carboxylic acids is 3. The number of hydrogen-bond donors (Lipinski definition) is 3. The van der Waals surface area contributed by atoms with Crippen LogP contribution in [0.4, 0.5) is 20.6 Å². The second-order valence-electron chi connectivity index (χ2n) is 8.36. The van der Waals surface area contributed by atoms with E-state index in [1.54, 1.807) is 47.4 Å². The highest BCUT2D eigenvalue weighted by molar-refractivity contribution is 5.96. The van der Waals surface area contributed by atoms with Crippen LogP contribution in [0.15, 0.2) is 78.9 Å². The summed E-state index contributed by atoms with van der Waals surface area (Å²) < 4.78 is 13.7. The molecule has 0 aliphatic carbocycles. The summed E-state index contributed by atoms with van der Waals surface area (Å²) in [4.78, 5) is 41.0. The molecule has 0 spiro atoms. The summed E-state index contributed by atoms with van der Waals surface area (Å²) >= 11 is 0. The fourth-order valence-corrected chi connectivity index (χ4v) is 3.92. The van der Waals surface area contributed by atoms with Crippen LogP contribution in [0.1, 0.15) is 15.9 Å². The summed E-state index contributed by atoms with van der Waals surface area (Å²) in [5.41, 5.74) is 2.38. The molecule has 0 bridgehead atoms. The third kappa shape index (κ3) is 6.59. The summed E-state index contributed by atoms with van der Waals surface area (Å²) in [6.07, 6.45) is 0. The number of halogens is 1. The van der Waals surface area contributed by atoms with Gasteiger partial charge in [0, 0.05) is 55.2 Å². The lowest BCUT2D eigenvalue weighted by Gasteiger charge is -2.36. The van der Waals surface area contributed by atoms with Crippen LogP contribution in [0.2, 0.25) is 0 Å². The van der Waals surface area contributed by atoms with Gasteiger partial charge < -0.3 is 25.8 Å². The molecule has 4 rings (SSSR count). The maximum atomic E-state index is 13.7. The standard InChI is InChI=1S/C27H28FN5O3/c28-24-9-5-4-6-21(24)18-29-26(35)20-10-12-22(13-11-20)31-27(36)30-19-25(34)33-16-14-32(15-17-33)23-7-2-1-3-8-23/h1-13H,14-19H2,(H,29,35)(H2,30,31,36). The van der Waals surface area contributed by atoms with Crippen LogP contribution in [0.25, 0.3) is 0 Å². The van der Waals surface area contributed by atoms with Crippen LogP contribution >= 0.6 is 0 Å². The topological polar surface area (TPSA) is 93.8 Å². The minimum absolute atomic E-state index is 0.0727. The Morgan fingerprint density at radius 1 is 0.778 bits per heavy atom. The van der Waals surface area contributed by atoms with E-state index in [1.807, 2.05) is 30.3 Å². The number of benzene rings is 3. The van der Waals surface area contributed by atoms with Crippen LogP contribution in [0.3, 0.4) is 0 Å². The molecule has 0 unspecified atom stereocenters. The molecule has 0 radical (unpaired) electrons. The van der Waals surface area contributed by atoms with Crippen molar-refractivity contribution >= 4 is 29.2 Å². The molecule has 1 heterocycles. The molecule has 8 nitrogen and oxygen atoms in total. The lowest BCUT2D eigenvalue weighted by Crippen LogP contribution is -2.51. The lowest BCUT2D eigenvalue weighted by atomic mass is 10.1. The third-order valence-corrected chi connectivity index (χ3v) is 5.96. The zero-order valence-electron chi connectivity index (χ0n) is 19.7. The molecule has 3 N–H and O–H groups in total. The molecule has 4 amide bonds. The average Bonchev–Trinajstić information content (AvgIpc) is 2.92. The van der Waals surface area contributed by atoms with Crippen LogP contribution in [-0.2, 0) is 11.3 Å². The monoisotopic (exact) mass is 489 g/mol. The number of rotatable bonds is 7. The number of urea groups is 1. The summed E-state index contributed by atoms with van der Waals surface area (Å²) in [5.74, 6) is -0.872. The van der Waals surface area contributed by atoms with E-state index >= 15 is 0 Å².